The van der Waals surface area contributed by atoms with Gasteiger partial charge in [0.25, 0.3) is 0 Å². The van der Waals surface area contributed by atoms with Crippen LogP contribution in [-0.4, -0.2) is 34.6 Å². The van der Waals surface area contributed by atoms with Crippen LogP contribution in [0.1, 0.15) is 13.3 Å². The third kappa shape index (κ3) is 3.71. The number of hydrogen-bond donors (Lipinski definition) is 2. The van der Waals surface area contributed by atoms with Gasteiger partial charge >= 0.3 is 0 Å². The third-order valence-electron chi connectivity index (χ3n) is 2.55. The van der Waals surface area contributed by atoms with Crippen molar-refractivity contribution in [2.24, 2.45) is 4.99 Å². The molecule has 6 heteroatoms. The standard InChI is InChI=1S/C13H16N2O3S/c1-2-18-10-5-3-9(4-6-10)14-13-15-12(17)11(19-13)7-8-16/h3-6,11,16H,2,7-8H2,1H3,(H,14,15,17). The van der Waals surface area contributed by atoms with E-state index in [9.17, 15) is 4.79 Å². The van der Waals surface area contributed by atoms with Crippen molar-refractivity contribution in [3.63, 3.8) is 0 Å². The summed E-state index contributed by atoms with van der Waals surface area (Å²) in [5.74, 6) is 0.705. The summed E-state index contributed by atoms with van der Waals surface area (Å²) in [5.41, 5.74) is 0.760. The molecule has 0 spiro atoms. The SMILES string of the molecule is CCOc1ccc(N=C2NC(=O)C(CCO)S2)cc1. The maximum absolute atomic E-state index is 11.6. The molecule has 5 nitrogen and oxygen atoms in total. The molecule has 0 saturated carbocycles. The van der Waals surface area contributed by atoms with Crippen LogP contribution in [0.25, 0.3) is 0 Å². The van der Waals surface area contributed by atoms with Crippen LogP contribution >= 0.6 is 11.8 Å². The van der Waals surface area contributed by atoms with Gasteiger partial charge in [-0.2, -0.15) is 0 Å². The highest BCUT2D eigenvalue weighted by Crippen LogP contribution is 2.25. The van der Waals surface area contributed by atoms with Gasteiger partial charge in [0.1, 0.15) is 5.75 Å². The molecular formula is C13H16N2O3S. The van der Waals surface area contributed by atoms with E-state index in [2.05, 4.69) is 10.3 Å². The number of nitrogens with one attached hydrogen (secondary N) is 1. The van der Waals surface area contributed by atoms with Crippen molar-refractivity contribution in [1.29, 1.82) is 0 Å². The summed E-state index contributed by atoms with van der Waals surface area (Å²) >= 11 is 1.35. The molecule has 1 saturated heterocycles. The number of aliphatic imine (C=N–C) groups is 1. The van der Waals surface area contributed by atoms with Gasteiger partial charge < -0.3 is 15.2 Å². The van der Waals surface area contributed by atoms with Crippen molar-refractivity contribution in [3.05, 3.63) is 24.3 Å². The van der Waals surface area contributed by atoms with E-state index >= 15 is 0 Å². The highest BCUT2D eigenvalue weighted by atomic mass is 32.2. The number of nitrogens with zero attached hydrogens (tertiary/aromatic N) is 1. The minimum Gasteiger partial charge on any atom is -0.494 e. The second-order valence-corrected chi connectivity index (χ2v) is 5.14. The molecule has 1 atom stereocenters. The molecule has 2 N–H and O–H groups in total. The van der Waals surface area contributed by atoms with Gasteiger partial charge in [-0.25, -0.2) is 4.99 Å². The molecule has 1 aliphatic rings. The molecule has 0 aliphatic carbocycles. The van der Waals surface area contributed by atoms with E-state index < -0.39 is 0 Å². The first kappa shape index (κ1) is 13.9. The second-order valence-electron chi connectivity index (χ2n) is 3.95. The number of ether oxygens (including phenoxy) is 1. The van der Waals surface area contributed by atoms with Crippen LogP contribution in [0, 0.1) is 0 Å². The quantitative estimate of drug-likeness (QED) is 0.861. The average Bonchev–Trinajstić information content (AvgIpc) is 2.73. The summed E-state index contributed by atoms with van der Waals surface area (Å²) in [6.45, 7) is 2.56. The summed E-state index contributed by atoms with van der Waals surface area (Å²) in [6, 6.07) is 7.36. The molecule has 102 valence electrons. The third-order valence-corrected chi connectivity index (χ3v) is 3.70. The number of hydrogen-bond acceptors (Lipinski definition) is 5. The molecule has 0 radical (unpaired) electrons. The fourth-order valence-electron chi connectivity index (χ4n) is 1.67. The van der Waals surface area contributed by atoms with Crippen LogP contribution in [-0.2, 0) is 4.79 Å². The molecule has 1 aromatic carbocycles. The molecule has 1 heterocycles. The van der Waals surface area contributed by atoms with Gasteiger partial charge in [-0.15, -0.1) is 0 Å². The zero-order valence-electron chi connectivity index (χ0n) is 10.6. The van der Waals surface area contributed by atoms with E-state index in [0.717, 1.165) is 11.4 Å². The van der Waals surface area contributed by atoms with Gasteiger partial charge in [0.2, 0.25) is 5.91 Å². The van der Waals surface area contributed by atoms with E-state index in [-0.39, 0.29) is 17.8 Å². The summed E-state index contributed by atoms with van der Waals surface area (Å²) in [6.07, 6.45) is 0.443. The van der Waals surface area contributed by atoms with Crippen molar-refractivity contribution in [2.45, 2.75) is 18.6 Å². The number of benzene rings is 1. The largest absolute Gasteiger partial charge is 0.494 e. The Balaban J connectivity index is 2.03. The Bertz CT molecular complexity index is 473. The Morgan fingerprint density at radius 3 is 2.79 bits per heavy atom. The lowest BCUT2D eigenvalue weighted by atomic mass is 10.3. The predicted octanol–water partition coefficient (Wildman–Crippen LogP) is 1.69. The molecule has 19 heavy (non-hydrogen) atoms. The van der Waals surface area contributed by atoms with Crippen LogP contribution in [0.3, 0.4) is 0 Å². The Labute approximate surface area is 116 Å². The Hall–Kier alpha value is -1.53. The number of rotatable bonds is 5. The fraction of sp³-hybridized carbons (Fsp3) is 0.385. The number of carbonyl (C=O) groups excluding carboxylic acids is 1. The minimum atomic E-state index is -0.244. The van der Waals surface area contributed by atoms with E-state index in [1.165, 1.54) is 11.8 Å². The Morgan fingerprint density at radius 1 is 1.42 bits per heavy atom. The number of aliphatic hydroxyl groups is 1. The van der Waals surface area contributed by atoms with Crippen LogP contribution in [0.4, 0.5) is 5.69 Å². The first-order valence-corrected chi connectivity index (χ1v) is 7.01. The van der Waals surface area contributed by atoms with Gasteiger partial charge in [0.05, 0.1) is 17.5 Å². The van der Waals surface area contributed by atoms with Gasteiger partial charge in [-0.3, -0.25) is 4.79 Å². The van der Waals surface area contributed by atoms with Crippen LogP contribution in [0.2, 0.25) is 0 Å². The summed E-state index contributed by atoms with van der Waals surface area (Å²) in [7, 11) is 0. The molecular weight excluding hydrogens is 264 g/mol. The van der Waals surface area contributed by atoms with Gasteiger partial charge in [-0.05, 0) is 37.6 Å². The molecule has 1 fully saturated rings. The first-order valence-electron chi connectivity index (χ1n) is 6.13. The normalized spacial score (nSPS) is 20.6. The van der Waals surface area contributed by atoms with Crippen LogP contribution in [0.15, 0.2) is 29.3 Å². The lowest BCUT2D eigenvalue weighted by Crippen LogP contribution is -2.25. The molecule has 0 bridgehead atoms. The molecule has 1 aliphatic heterocycles. The van der Waals surface area contributed by atoms with Gasteiger partial charge in [0, 0.05) is 6.61 Å². The summed E-state index contributed by atoms with van der Waals surface area (Å²) in [4.78, 5) is 15.9. The maximum atomic E-state index is 11.6. The Morgan fingerprint density at radius 2 is 2.16 bits per heavy atom. The number of thioether (sulfide) groups is 1. The van der Waals surface area contributed by atoms with E-state index in [1.54, 1.807) is 0 Å². The summed E-state index contributed by atoms with van der Waals surface area (Å²) in [5, 5.41) is 11.9. The minimum absolute atomic E-state index is 0.00141. The lowest BCUT2D eigenvalue weighted by Gasteiger charge is -2.02. The Kier molecular flexibility index (Phi) is 4.81. The van der Waals surface area contributed by atoms with E-state index in [4.69, 9.17) is 9.84 Å². The summed E-state index contributed by atoms with van der Waals surface area (Å²) < 4.78 is 5.35. The first-order chi connectivity index (χ1) is 9.22. The molecule has 0 aromatic heterocycles. The number of amides is 1. The van der Waals surface area contributed by atoms with Crippen molar-refractivity contribution < 1.29 is 14.6 Å². The van der Waals surface area contributed by atoms with Crippen molar-refractivity contribution in [2.75, 3.05) is 13.2 Å². The zero-order chi connectivity index (χ0) is 13.7. The van der Waals surface area contributed by atoms with Crippen LogP contribution < -0.4 is 10.1 Å². The van der Waals surface area contributed by atoms with E-state index in [1.807, 2.05) is 31.2 Å². The fourth-order valence-corrected chi connectivity index (χ4v) is 2.64. The highest BCUT2D eigenvalue weighted by Gasteiger charge is 2.29. The monoisotopic (exact) mass is 280 g/mol. The highest BCUT2D eigenvalue weighted by molar-refractivity contribution is 8.15. The maximum Gasteiger partial charge on any atom is 0.239 e. The predicted molar refractivity (Wildman–Crippen MR) is 75.9 cm³/mol. The number of carbonyl (C=O) groups is 1. The molecule has 2 rings (SSSR count). The molecule has 1 aromatic rings. The second kappa shape index (κ2) is 6.58. The zero-order valence-corrected chi connectivity index (χ0v) is 11.4. The smallest absolute Gasteiger partial charge is 0.239 e. The van der Waals surface area contributed by atoms with Gasteiger partial charge in [0.15, 0.2) is 5.17 Å². The molecule has 1 unspecified atom stereocenters. The lowest BCUT2D eigenvalue weighted by molar-refractivity contribution is -0.119. The van der Waals surface area contributed by atoms with Crippen molar-refractivity contribution >= 4 is 28.5 Å². The van der Waals surface area contributed by atoms with E-state index in [0.29, 0.717) is 18.2 Å². The average molecular weight is 280 g/mol. The molecule has 1 amide bonds. The number of aliphatic hydroxyl groups excluding tert-OH is 1. The van der Waals surface area contributed by atoms with Gasteiger partial charge in [-0.1, -0.05) is 11.8 Å². The van der Waals surface area contributed by atoms with Crippen molar-refractivity contribution in [1.82, 2.24) is 5.32 Å². The number of amidine groups is 1. The van der Waals surface area contributed by atoms with Crippen LogP contribution in [0.5, 0.6) is 5.75 Å². The van der Waals surface area contributed by atoms with Crippen molar-refractivity contribution in [3.8, 4) is 5.75 Å². The topological polar surface area (TPSA) is 70.9 Å².